The topological polar surface area (TPSA) is 87.6 Å². The average Bonchev–Trinajstić information content (AvgIpc) is 2.45. The minimum absolute atomic E-state index is 0.00570. The third-order valence-electron chi connectivity index (χ3n) is 2.29. The van der Waals surface area contributed by atoms with Crippen molar-refractivity contribution < 1.29 is 23.8 Å². The van der Waals surface area contributed by atoms with E-state index in [4.69, 9.17) is 14.2 Å². The molecule has 0 fully saturated rings. The third-order valence-corrected chi connectivity index (χ3v) is 2.29. The molecule has 0 atom stereocenters. The molecule has 0 aliphatic carbocycles. The smallest absolute Gasteiger partial charge is 0.313 e. The molecule has 0 saturated heterocycles. The summed E-state index contributed by atoms with van der Waals surface area (Å²) in [4.78, 5) is 30.9. The van der Waals surface area contributed by atoms with E-state index >= 15 is 0 Å². The van der Waals surface area contributed by atoms with Crippen molar-refractivity contribution in [2.24, 2.45) is 0 Å². The van der Waals surface area contributed by atoms with Gasteiger partial charge in [-0.2, -0.15) is 0 Å². The van der Waals surface area contributed by atoms with Crippen molar-refractivity contribution in [1.82, 2.24) is 9.97 Å². The Morgan fingerprint density at radius 3 is 2.70 bits per heavy atom. The van der Waals surface area contributed by atoms with Crippen molar-refractivity contribution in [2.45, 2.75) is 13.3 Å². The number of rotatable bonds is 7. The number of allylic oxidation sites excluding steroid dienone is 1. The minimum Gasteiger partial charge on any atom is -0.493 e. The minimum atomic E-state index is -0.600. The first-order valence-electron chi connectivity index (χ1n) is 5.90. The fourth-order valence-electron chi connectivity index (χ4n) is 1.42. The number of ketones is 1. The molecule has 0 saturated carbocycles. The standard InChI is InChI=1S/C13H16N2O5/c1-4-20-12(17)6-10(16)11(18-2)5-9-7-14-8-15-13(9)19-3/h5,7-8H,4,6H2,1-3H3. The van der Waals surface area contributed by atoms with Crippen molar-refractivity contribution in [2.75, 3.05) is 20.8 Å². The second-order valence-electron chi connectivity index (χ2n) is 3.61. The summed E-state index contributed by atoms with van der Waals surface area (Å²) in [5.41, 5.74) is 0.476. The SMILES string of the molecule is CCOC(=O)CC(=O)C(=Cc1cncnc1OC)OC. The van der Waals surface area contributed by atoms with E-state index in [0.717, 1.165) is 0 Å². The lowest BCUT2D eigenvalue weighted by Gasteiger charge is -2.07. The number of methoxy groups -OCH3 is 2. The van der Waals surface area contributed by atoms with Gasteiger partial charge in [0.25, 0.3) is 0 Å². The van der Waals surface area contributed by atoms with E-state index in [1.807, 2.05) is 0 Å². The molecule has 7 heteroatoms. The van der Waals surface area contributed by atoms with Crippen LogP contribution in [0, 0.1) is 0 Å². The van der Waals surface area contributed by atoms with Crippen molar-refractivity contribution >= 4 is 17.8 Å². The third kappa shape index (κ3) is 4.34. The maximum absolute atomic E-state index is 11.9. The van der Waals surface area contributed by atoms with Crippen molar-refractivity contribution in [1.29, 1.82) is 0 Å². The number of esters is 1. The average molecular weight is 280 g/mol. The largest absolute Gasteiger partial charge is 0.493 e. The van der Waals surface area contributed by atoms with Crippen LogP contribution in [0.3, 0.4) is 0 Å². The predicted octanol–water partition coefficient (Wildman–Crippen LogP) is 0.995. The summed E-state index contributed by atoms with van der Waals surface area (Å²) in [6.45, 7) is 1.89. The Labute approximate surface area is 116 Å². The monoisotopic (exact) mass is 280 g/mol. The molecule has 7 nitrogen and oxygen atoms in total. The first-order chi connectivity index (χ1) is 9.62. The summed E-state index contributed by atoms with van der Waals surface area (Å²) in [5, 5.41) is 0. The Balaban J connectivity index is 2.91. The van der Waals surface area contributed by atoms with Gasteiger partial charge in [-0.25, -0.2) is 9.97 Å². The molecule has 0 aliphatic rings. The number of carbonyl (C=O) groups is 2. The zero-order valence-corrected chi connectivity index (χ0v) is 11.6. The second kappa shape index (κ2) is 7.88. The highest BCUT2D eigenvalue weighted by Crippen LogP contribution is 2.17. The van der Waals surface area contributed by atoms with Crippen LogP contribution in [0.1, 0.15) is 18.9 Å². The summed E-state index contributed by atoms with van der Waals surface area (Å²) in [6, 6.07) is 0. The Morgan fingerprint density at radius 2 is 2.10 bits per heavy atom. The molecular formula is C13H16N2O5. The van der Waals surface area contributed by atoms with E-state index in [0.29, 0.717) is 11.4 Å². The van der Waals surface area contributed by atoms with Gasteiger partial charge in [-0.05, 0) is 13.0 Å². The van der Waals surface area contributed by atoms with Gasteiger partial charge in [-0.3, -0.25) is 9.59 Å². The molecule has 108 valence electrons. The lowest BCUT2D eigenvalue weighted by Crippen LogP contribution is -2.13. The fraction of sp³-hybridized carbons (Fsp3) is 0.385. The molecule has 0 unspecified atom stereocenters. The van der Waals surface area contributed by atoms with Gasteiger partial charge in [0.15, 0.2) is 5.76 Å². The van der Waals surface area contributed by atoms with Gasteiger partial charge < -0.3 is 14.2 Å². The van der Waals surface area contributed by atoms with Crippen LogP contribution in [0.5, 0.6) is 5.88 Å². The maximum atomic E-state index is 11.9. The summed E-state index contributed by atoms with van der Waals surface area (Å²) in [7, 11) is 2.79. The van der Waals surface area contributed by atoms with Crippen LogP contribution in [0.2, 0.25) is 0 Å². The van der Waals surface area contributed by atoms with E-state index in [9.17, 15) is 9.59 Å². The van der Waals surface area contributed by atoms with Gasteiger partial charge in [0.1, 0.15) is 12.7 Å². The Kier molecular flexibility index (Phi) is 6.15. The number of hydrogen-bond acceptors (Lipinski definition) is 7. The Hall–Kier alpha value is -2.44. The molecule has 0 radical (unpaired) electrons. The molecule has 1 aromatic heterocycles. The molecule has 0 amide bonds. The number of nitrogens with zero attached hydrogens (tertiary/aromatic N) is 2. The molecule has 0 aliphatic heterocycles. The maximum Gasteiger partial charge on any atom is 0.313 e. The van der Waals surface area contributed by atoms with Crippen LogP contribution in [0.25, 0.3) is 6.08 Å². The lowest BCUT2D eigenvalue weighted by molar-refractivity contribution is -0.145. The first-order valence-corrected chi connectivity index (χ1v) is 5.90. The highest BCUT2D eigenvalue weighted by Gasteiger charge is 2.17. The van der Waals surface area contributed by atoms with Gasteiger partial charge in [0.05, 0.1) is 26.4 Å². The summed E-state index contributed by atoms with van der Waals surface area (Å²) < 4.78 is 14.7. The van der Waals surface area contributed by atoms with E-state index in [2.05, 4.69) is 9.97 Å². The van der Waals surface area contributed by atoms with Crippen molar-refractivity contribution in [3.63, 3.8) is 0 Å². The highest BCUT2D eigenvalue weighted by atomic mass is 16.5. The predicted molar refractivity (Wildman–Crippen MR) is 69.8 cm³/mol. The Bertz CT molecular complexity index is 513. The number of hydrogen-bond donors (Lipinski definition) is 0. The van der Waals surface area contributed by atoms with Gasteiger partial charge >= 0.3 is 5.97 Å². The molecular weight excluding hydrogens is 264 g/mol. The van der Waals surface area contributed by atoms with Crippen LogP contribution >= 0.6 is 0 Å². The number of Topliss-reactive ketones (excluding diaryl/α,β-unsaturated/α-hetero) is 1. The van der Waals surface area contributed by atoms with Gasteiger partial charge in [-0.15, -0.1) is 0 Å². The lowest BCUT2D eigenvalue weighted by atomic mass is 10.2. The molecule has 0 spiro atoms. The zero-order valence-electron chi connectivity index (χ0n) is 11.6. The quantitative estimate of drug-likeness (QED) is 0.318. The Morgan fingerprint density at radius 1 is 1.35 bits per heavy atom. The van der Waals surface area contributed by atoms with Crippen LogP contribution in [-0.2, 0) is 19.1 Å². The van der Waals surface area contributed by atoms with Gasteiger partial charge in [-0.1, -0.05) is 0 Å². The first kappa shape index (κ1) is 15.6. The molecule has 0 aromatic carbocycles. The number of carbonyl (C=O) groups excluding carboxylic acids is 2. The van der Waals surface area contributed by atoms with Crippen LogP contribution in [0.4, 0.5) is 0 Å². The molecule has 1 heterocycles. The molecule has 20 heavy (non-hydrogen) atoms. The van der Waals surface area contributed by atoms with Crippen LogP contribution in [0.15, 0.2) is 18.3 Å². The van der Waals surface area contributed by atoms with Crippen molar-refractivity contribution in [3.8, 4) is 5.88 Å². The number of ether oxygens (including phenoxy) is 3. The zero-order chi connectivity index (χ0) is 15.0. The second-order valence-corrected chi connectivity index (χ2v) is 3.61. The van der Waals surface area contributed by atoms with E-state index in [1.165, 1.54) is 32.8 Å². The van der Waals surface area contributed by atoms with Crippen LogP contribution < -0.4 is 4.74 Å². The molecule has 0 bridgehead atoms. The fourth-order valence-corrected chi connectivity index (χ4v) is 1.42. The molecule has 1 rings (SSSR count). The van der Waals surface area contributed by atoms with Gasteiger partial charge in [0.2, 0.25) is 11.7 Å². The summed E-state index contributed by atoms with van der Waals surface area (Å²) >= 11 is 0. The van der Waals surface area contributed by atoms with E-state index in [-0.39, 0.29) is 18.8 Å². The molecule has 0 N–H and O–H groups in total. The van der Waals surface area contributed by atoms with E-state index in [1.54, 1.807) is 6.92 Å². The molecule has 1 aromatic rings. The van der Waals surface area contributed by atoms with Gasteiger partial charge in [0, 0.05) is 6.20 Å². The number of aromatic nitrogens is 2. The van der Waals surface area contributed by atoms with Crippen molar-refractivity contribution in [3.05, 3.63) is 23.8 Å². The normalized spacial score (nSPS) is 10.8. The highest BCUT2D eigenvalue weighted by molar-refractivity contribution is 6.06. The summed E-state index contributed by atoms with van der Waals surface area (Å²) in [5.74, 6) is -0.779. The van der Waals surface area contributed by atoms with E-state index < -0.39 is 11.8 Å². The van der Waals surface area contributed by atoms with Crippen LogP contribution in [-0.4, -0.2) is 42.5 Å². The summed E-state index contributed by atoms with van der Waals surface area (Å²) in [6.07, 6.45) is 3.83.